The maximum atomic E-state index is 13.5. The van der Waals surface area contributed by atoms with Gasteiger partial charge in [0, 0.05) is 11.8 Å². The molecule has 4 heteroatoms. The van der Waals surface area contributed by atoms with Crippen molar-refractivity contribution >= 4 is 11.9 Å². The topological polar surface area (TPSA) is 32.6 Å². The molecule has 0 heterocycles. The van der Waals surface area contributed by atoms with Crippen molar-refractivity contribution in [3.8, 4) is 5.75 Å². The highest BCUT2D eigenvalue weighted by atomic mass is 19.2. The van der Waals surface area contributed by atoms with E-state index in [9.17, 15) is 13.9 Å². The SMILES string of the molecule is CC(C)(C)c1cccc(C=Nc2cccc(F)c2F)c1O. The van der Waals surface area contributed by atoms with Crippen LogP contribution in [-0.2, 0) is 5.41 Å². The number of rotatable bonds is 2. The van der Waals surface area contributed by atoms with Crippen molar-refractivity contribution < 1.29 is 13.9 Å². The summed E-state index contributed by atoms with van der Waals surface area (Å²) in [4.78, 5) is 3.92. The first-order valence-electron chi connectivity index (χ1n) is 6.61. The molecule has 0 radical (unpaired) electrons. The molecular weight excluding hydrogens is 272 g/mol. The summed E-state index contributed by atoms with van der Waals surface area (Å²) in [7, 11) is 0. The number of aliphatic imine (C=N–C) groups is 1. The van der Waals surface area contributed by atoms with Gasteiger partial charge in [0.2, 0.25) is 0 Å². The largest absolute Gasteiger partial charge is 0.507 e. The van der Waals surface area contributed by atoms with Crippen molar-refractivity contribution in [1.29, 1.82) is 0 Å². The molecule has 0 saturated carbocycles. The highest BCUT2D eigenvalue weighted by Gasteiger charge is 2.19. The van der Waals surface area contributed by atoms with E-state index in [2.05, 4.69) is 4.99 Å². The van der Waals surface area contributed by atoms with Crippen molar-refractivity contribution in [2.24, 2.45) is 4.99 Å². The second-order valence-corrected chi connectivity index (χ2v) is 5.82. The standard InChI is InChI=1S/C17H17F2NO/c1-17(2,3)12-7-4-6-11(16(12)21)10-20-14-9-5-8-13(18)15(14)19/h4-10,21H,1-3H3. The van der Waals surface area contributed by atoms with E-state index in [4.69, 9.17) is 0 Å². The van der Waals surface area contributed by atoms with Crippen LogP contribution in [0.15, 0.2) is 41.4 Å². The number of benzene rings is 2. The van der Waals surface area contributed by atoms with Gasteiger partial charge in [-0.1, -0.05) is 39.0 Å². The summed E-state index contributed by atoms with van der Waals surface area (Å²) in [5.74, 6) is -1.84. The Hall–Kier alpha value is -2.23. The van der Waals surface area contributed by atoms with E-state index < -0.39 is 11.6 Å². The van der Waals surface area contributed by atoms with Gasteiger partial charge in [0.05, 0.1) is 0 Å². The van der Waals surface area contributed by atoms with Crippen LogP contribution in [0.3, 0.4) is 0 Å². The minimum atomic E-state index is -1.000. The molecule has 0 aliphatic heterocycles. The normalized spacial score (nSPS) is 12.0. The maximum Gasteiger partial charge on any atom is 0.184 e. The third-order valence-corrected chi connectivity index (χ3v) is 3.15. The Kier molecular flexibility index (Phi) is 4.07. The van der Waals surface area contributed by atoms with Crippen LogP contribution in [0.4, 0.5) is 14.5 Å². The lowest BCUT2D eigenvalue weighted by Crippen LogP contribution is -2.11. The van der Waals surface area contributed by atoms with Gasteiger partial charge in [-0.05, 0) is 29.2 Å². The molecular formula is C17H17F2NO. The zero-order chi connectivity index (χ0) is 15.6. The molecule has 0 aromatic heterocycles. The van der Waals surface area contributed by atoms with Crippen LogP contribution in [0.1, 0.15) is 31.9 Å². The quantitative estimate of drug-likeness (QED) is 0.797. The van der Waals surface area contributed by atoms with E-state index in [1.54, 1.807) is 12.1 Å². The van der Waals surface area contributed by atoms with Crippen LogP contribution in [0.2, 0.25) is 0 Å². The lowest BCUT2D eigenvalue weighted by Gasteiger charge is -2.21. The second kappa shape index (κ2) is 5.64. The molecule has 0 bridgehead atoms. The number of hydrogen-bond acceptors (Lipinski definition) is 2. The molecule has 0 spiro atoms. The lowest BCUT2D eigenvalue weighted by atomic mass is 9.85. The van der Waals surface area contributed by atoms with Crippen molar-refractivity contribution in [3.05, 3.63) is 59.2 Å². The Morgan fingerprint density at radius 1 is 1.05 bits per heavy atom. The predicted molar refractivity (Wildman–Crippen MR) is 80.4 cm³/mol. The molecule has 0 unspecified atom stereocenters. The molecule has 110 valence electrons. The molecule has 2 nitrogen and oxygen atoms in total. The number of hydrogen-bond donors (Lipinski definition) is 1. The van der Waals surface area contributed by atoms with Gasteiger partial charge in [-0.25, -0.2) is 8.78 Å². The van der Waals surface area contributed by atoms with E-state index in [0.29, 0.717) is 5.56 Å². The fraction of sp³-hybridized carbons (Fsp3) is 0.235. The molecule has 0 amide bonds. The van der Waals surface area contributed by atoms with Gasteiger partial charge in [-0.15, -0.1) is 0 Å². The fourth-order valence-corrected chi connectivity index (χ4v) is 2.00. The molecule has 0 atom stereocenters. The molecule has 2 rings (SSSR count). The van der Waals surface area contributed by atoms with Gasteiger partial charge in [-0.3, -0.25) is 4.99 Å². The summed E-state index contributed by atoms with van der Waals surface area (Å²) in [5, 5.41) is 10.3. The van der Waals surface area contributed by atoms with Crippen LogP contribution in [0, 0.1) is 11.6 Å². The van der Waals surface area contributed by atoms with Gasteiger partial charge < -0.3 is 5.11 Å². The van der Waals surface area contributed by atoms with E-state index in [0.717, 1.165) is 11.6 Å². The van der Waals surface area contributed by atoms with E-state index in [1.807, 2.05) is 26.8 Å². The highest BCUT2D eigenvalue weighted by Crippen LogP contribution is 2.32. The number of para-hydroxylation sites is 1. The van der Waals surface area contributed by atoms with Crippen LogP contribution in [-0.4, -0.2) is 11.3 Å². The highest BCUT2D eigenvalue weighted by molar-refractivity contribution is 5.86. The van der Waals surface area contributed by atoms with Crippen LogP contribution in [0.25, 0.3) is 0 Å². The monoisotopic (exact) mass is 289 g/mol. The third kappa shape index (κ3) is 3.27. The zero-order valence-corrected chi connectivity index (χ0v) is 12.2. The van der Waals surface area contributed by atoms with Crippen molar-refractivity contribution in [1.82, 2.24) is 0 Å². The number of phenolic OH excluding ortho intramolecular Hbond substituents is 1. The molecule has 21 heavy (non-hydrogen) atoms. The van der Waals surface area contributed by atoms with Crippen molar-refractivity contribution in [3.63, 3.8) is 0 Å². The summed E-state index contributed by atoms with van der Waals surface area (Å²) < 4.78 is 26.6. The zero-order valence-electron chi connectivity index (χ0n) is 12.2. The van der Waals surface area contributed by atoms with Gasteiger partial charge in [0.1, 0.15) is 11.4 Å². The minimum absolute atomic E-state index is 0.101. The molecule has 2 aromatic carbocycles. The summed E-state index contributed by atoms with van der Waals surface area (Å²) in [6.07, 6.45) is 1.34. The summed E-state index contributed by atoms with van der Waals surface area (Å²) >= 11 is 0. The predicted octanol–water partition coefficient (Wildman–Crippen LogP) is 4.72. The Morgan fingerprint density at radius 3 is 2.38 bits per heavy atom. The minimum Gasteiger partial charge on any atom is -0.507 e. The Bertz CT molecular complexity index is 688. The molecule has 0 aliphatic carbocycles. The number of nitrogens with zero attached hydrogens (tertiary/aromatic N) is 1. The second-order valence-electron chi connectivity index (χ2n) is 5.82. The van der Waals surface area contributed by atoms with Gasteiger partial charge in [0.15, 0.2) is 11.6 Å². The first-order valence-corrected chi connectivity index (χ1v) is 6.61. The Balaban J connectivity index is 2.41. The van der Waals surface area contributed by atoms with Crippen LogP contribution >= 0.6 is 0 Å². The van der Waals surface area contributed by atoms with E-state index >= 15 is 0 Å². The maximum absolute atomic E-state index is 13.5. The number of aromatic hydroxyl groups is 1. The first-order chi connectivity index (χ1) is 9.80. The number of halogens is 2. The van der Waals surface area contributed by atoms with Crippen LogP contribution in [0.5, 0.6) is 5.75 Å². The van der Waals surface area contributed by atoms with Crippen LogP contribution < -0.4 is 0 Å². The lowest BCUT2D eigenvalue weighted by molar-refractivity contribution is 0.446. The average molecular weight is 289 g/mol. The van der Waals surface area contributed by atoms with Gasteiger partial charge in [0.25, 0.3) is 0 Å². The summed E-state index contributed by atoms with van der Waals surface area (Å²) in [6, 6.07) is 9.09. The smallest absolute Gasteiger partial charge is 0.184 e. The molecule has 1 N–H and O–H groups in total. The average Bonchev–Trinajstić information content (AvgIpc) is 2.40. The summed E-state index contributed by atoms with van der Waals surface area (Å²) in [6.45, 7) is 5.94. The molecule has 2 aromatic rings. The molecule has 0 saturated heterocycles. The fourth-order valence-electron chi connectivity index (χ4n) is 2.00. The van der Waals surface area contributed by atoms with E-state index in [-0.39, 0.29) is 16.9 Å². The van der Waals surface area contributed by atoms with Gasteiger partial charge in [-0.2, -0.15) is 0 Å². The third-order valence-electron chi connectivity index (χ3n) is 3.15. The Labute approximate surface area is 122 Å². The Morgan fingerprint density at radius 2 is 1.71 bits per heavy atom. The molecule has 0 fully saturated rings. The summed E-state index contributed by atoms with van der Waals surface area (Å²) in [5.41, 5.74) is 0.908. The van der Waals surface area contributed by atoms with Crippen molar-refractivity contribution in [2.75, 3.05) is 0 Å². The number of phenols is 1. The first kappa shape index (κ1) is 15.2. The molecule has 0 aliphatic rings. The van der Waals surface area contributed by atoms with Gasteiger partial charge >= 0.3 is 0 Å². The van der Waals surface area contributed by atoms with E-state index in [1.165, 1.54) is 18.3 Å². The van der Waals surface area contributed by atoms with Crippen molar-refractivity contribution in [2.45, 2.75) is 26.2 Å².